The summed E-state index contributed by atoms with van der Waals surface area (Å²) >= 11 is 0. The van der Waals surface area contributed by atoms with Crippen LogP contribution in [0, 0.1) is 6.92 Å². The van der Waals surface area contributed by atoms with Gasteiger partial charge in [0.25, 0.3) is 0 Å². The summed E-state index contributed by atoms with van der Waals surface area (Å²) in [5.41, 5.74) is 22.4. The van der Waals surface area contributed by atoms with Crippen molar-refractivity contribution in [2.75, 3.05) is 9.80 Å². The van der Waals surface area contributed by atoms with Crippen LogP contribution in [0.2, 0.25) is 0 Å². The van der Waals surface area contributed by atoms with Crippen LogP contribution in [0.1, 0.15) is 5.56 Å². The molecule has 0 radical (unpaired) electrons. The first-order valence-corrected chi connectivity index (χ1v) is 31.2. The fourth-order valence-electron chi connectivity index (χ4n) is 13.4. The summed E-state index contributed by atoms with van der Waals surface area (Å²) < 4.78 is 4.82. The molecule has 2 aromatic heterocycles. The van der Waals surface area contributed by atoms with Crippen molar-refractivity contribution >= 4 is 99.3 Å². The maximum atomic E-state index is 2.41. The highest BCUT2D eigenvalue weighted by molar-refractivity contribution is 6.18. The summed E-state index contributed by atoms with van der Waals surface area (Å²) in [7, 11) is 0. The highest BCUT2D eigenvalue weighted by Crippen LogP contribution is 2.47. The molecule has 91 heavy (non-hydrogen) atoms. The van der Waals surface area contributed by atoms with E-state index in [1.54, 1.807) is 0 Å². The average molecular weight is 1160 g/mol. The van der Waals surface area contributed by atoms with Crippen molar-refractivity contribution in [1.29, 1.82) is 0 Å². The zero-order valence-corrected chi connectivity index (χ0v) is 50.4. The third kappa shape index (κ3) is 10.2. The van der Waals surface area contributed by atoms with E-state index in [1.807, 2.05) is 0 Å². The molecule has 0 bridgehead atoms. The molecule has 17 rings (SSSR count). The topological polar surface area (TPSA) is 16.3 Å². The van der Waals surface area contributed by atoms with Gasteiger partial charge in [0.15, 0.2) is 0 Å². The molecule has 0 aliphatic rings. The van der Waals surface area contributed by atoms with Crippen LogP contribution < -0.4 is 9.80 Å². The molecule has 0 amide bonds. The molecule has 430 valence electrons. The minimum atomic E-state index is 1.11. The van der Waals surface area contributed by atoms with E-state index >= 15 is 0 Å². The number of fused-ring (bicyclic) bond motifs is 8. The molecule has 0 atom stereocenters. The van der Waals surface area contributed by atoms with Crippen molar-refractivity contribution in [3.63, 3.8) is 0 Å². The first-order chi connectivity index (χ1) is 45.1. The average Bonchev–Trinajstić information content (AvgIpc) is 1.62. The zero-order chi connectivity index (χ0) is 60.6. The van der Waals surface area contributed by atoms with Crippen LogP contribution in [-0.4, -0.2) is 9.13 Å². The Labute approximate surface area is 530 Å². The zero-order valence-electron chi connectivity index (χ0n) is 50.4. The Bertz CT molecular complexity index is 5440. The number of anilines is 6. The summed E-state index contributed by atoms with van der Waals surface area (Å²) in [5, 5.41) is 9.89. The molecule has 0 spiro atoms. The third-order valence-electron chi connectivity index (χ3n) is 17.8. The predicted molar refractivity (Wildman–Crippen MR) is 387 cm³/mol. The van der Waals surface area contributed by atoms with E-state index in [-0.39, 0.29) is 0 Å². The van der Waals surface area contributed by atoms with Crippen LogP contribution in [0.25, 0.3) is 110 Å². The Morgan fingerprint density at radius 2 is 0.527 bits per heavy atom. The first-order valence-electron chi connectivity index (χ1n) is 31.2. The van der Waals surface area contributed by atoms with Gasteiger partial charge in [-0.3, -0.25) is 0 Å². The van der Waals surface area contributed by atoms with Crippen molar-refractivity contribution in [2.45, 2.75) is 6.92 Å². The van der Waals surface area contributed by atoms with Crippen molar-refractivity contribution in [2.24, 2.45) is 0 Å². The van der Waals surface area contributed by atoms with Gasteiger partial charge in [0.05, 0.1) is 33.4 Å². The van der Waals surface area contributed by atoms with Crippen molar-refractivity contribution in [1.82, 2.24) is 9.13 Å². The minimum Gasteiger partial charge on any atom is -0.310 e. The van der Waals surface area contributed by atoms with Crippen molar-refractivity contribution in [3.05, 3.63) is 363 Å². The molecule has 0 N–H and O–H groups in total. The Kier molecular flexibility index (Phi) is 14.1. The molecule has 4 nitrogen and oxygen atoms in total. The number of para-hydroxylation sites is 3. The predicted octanol–water partition coefficient (Wildman–Crippen LogP) is 24.1. The molecule has 17 aromatic rings. The Balaban J connectivity index is 0.000000146. The van der Waals surface area contributed by atoms with Crippen LogP contribution >= 0.6 is 0 Å². The molecule has 15 aromatic carbocycles. The maximum absolute atomic E-state index is 2.41. The highest BCUT2D eigenvalue weighted by Gasteiger charge is 2.23. The summed E-state index contributed by atoms with van der Waals surface area (Å²) in [5.74, 6) is 0. The van der Waals surface area contributed by atoms with Gasteiger partial charge in [0, 0.05) is 55.7 Å². The van der Waals surface area contributed by atoms with Gasteiger partial charge in [-0.15, -0.1) is 0 Å². The van der Waals surface area contributed by atoms with Crippen LogP contribution in [0.15, 0.2) is 358 Å². The van der Waals surface area contributed by atoms with Gasteiger partial charge in [-0.1, -0.05) is 254 Å². The summed E-state index contributed by atoms with van der Waals surface area (Å²) in [6.07, 6.45) is 0. The molecule has 0 aliphatic heterocycles. The molecular weight excluding hydrogens is 1100 g/mol. The van der Waals surface area contributed by atoms with E-state index in [9.17, 15) is 0 Å². The molecule has 0 fully saturated rings. The van der Waals surface area contributed by atoms with E-state index in [4.69, 9.17) is 0 Å². The Morgan fingerprint density at radius 3 is 0.945 bits per heavy atom. The van der Waals surface area contributed by atoms with E-state index in [0.29, 0.717) is 0 Å². The quantitative estimate of drug-likeness (QED) is 0.128. The molecule has 0 unspecified atom stereocenters. The molecule has 2 heterocycles. The van der Waals surface area contributed by atoms with E-state index < -0.39 is 0 Å². The summed E-state index contributed by atoms with van der Waals surface area (Å²) in [6.45, 7) is 2.14. The number of benzene rings is 15. The fraction of sp³-hybridized carbons (Fsp3) is 0.0115. The standard InChI is InChI=1S/C46H32N2.C41H30N2/c1-3-12-33(13-4-1)35-22-24-36(25-23-35)37-26-29-40(30-27-37)47(39-16-5-2-6-17-39)44-20-11-21-45-46(44)42-18-9-10-19-43(42)48(45)41-31-28-34-14-7-8-15-38(34)32-41;1-29-18-23-34(24-19-29)42(35-25-20-32(21-26-35)30-10-3-2-4-11-30)39-16-9-17-40-41(39)37-14-7-8-15-38(37)43(40)36-27-22-31-12-5-6-13-33(31)28-36/h1-32H;2-28H,1H3. The fourth-order valence-corrected chi connectivity index (χ4v) is 13.4. The molecular formula is C87H62N4. The van der Waals surface area contributed by atoms with Gasteiger partial charge in [0.1, 0.15) is 0 Å². The maximum Gasteiger partial charge on any atom is 0.0562 e. The van der Waals surface area contributed by atoms with E-state index in [2.05, 4.69) is 384 Å². The Hall–Kier alpha value is -12.0. The van der Waals surface area contributed by atoms with Crippen molar-refractivity contribution in [3.8, 4) is 44.8 Å². The largest absolute Gasteiger partial charge is 0.310 e. The number of rotatable bonds is 11. The Morgan fingerprint density at radius 1 is 0.220 bits per heavy atom. The van der Waals surface area contributed by atoms with Gasteiger partial charge >= 0.3 is 0 Å². The number of aryl methyl sites for hydroxylation is 1. The SMILES string of the molecule is Cc1ccc(N(c2ccc(-c3ccccc3)cc2)c2cccc3c2c2ccccc2n3-c2ccc3ccccc3c2)cc1.c1ccc(-c2ccc(-c3ccc(N(c4ccccc4)c4cccc5c4c4ccccc4n5-c4ccc5ccccc5c4)cc3)cc2)cc1. The lowest BCUT2D eigenvalue weighted by molar-refractivity contribution is 1.18. The van der Waals surface area contributed by atoms with Gasteiger partial charge in [-0.2, -0.15) is 0 Å². The second-order valence-electron chi connectivity index (χ2n) is 23.4. The molecule has 4 heteroatoms. The molecule has 0 aliphatic carbocycles. The lowest BCUT2D eigenvalue weighted by atomic mass is 10.00. The smallest absolute Gasteiger partial charge is 0.0562 e. The number of nitrogens with zero attached hydrogens (tertiary/aromatic N) is 4. The second kappa shape index (κ2) is 23.6. The van der Waals surface area contributed by atoms with Crippen LogP contribution in [0.5, 0.6) is 0 Å². The molecule has 0 saturated heterocycles. The summed E-state index contributed by atoms with van der Waals surface area (Å²) in [4.78, 5) is 4.79. The van der Waals surface area contributed by atoms with Gasteiger partial charge in [-0.05, 0) is 171 Å². The third-order valence-corrected chi connectivity index (χ3v) is 17.8. The van der Waals surface area contributed by atoms with Crippen LogP contribution in [0.4, 0.5) is 34.1 Å². The normalized spacial score (nSPS) is 11.4. The number of hydrogen-bond acceptors (Lipinski definition) is 2. The lowest BCUT2D eigenvalue weighted by Crippen LogP contribution is -2.10. The minimum absolute atomic E-state index is 1.11. The monoisotopic (exact) mass is 1160 g/mol. The van der Waals surface area contributed by atoms with Crippen molar-refractivity contribution < 1.29 is 0 Å². The van der Waals surface area contributed by atoms with Gasteiger partial charge in [0.2, 0.25) is 0 Å². The van der Waals surface area contributed by atoms with Crippen LogP contribution in [0.3, 0.4) is 0 Å². The first kappa shape index (κ1) is 54.4. The number of hydrogen-bond donors (Lipinski definition) is 0. The lowest BCUT2D eigenvalue weighted by Gasteiger charge is -2.27. The highest BCUT2D eigenvalue weighted by atomic mass is 15.2. The van der Waals surface area contributed by atoms with E-state index in [0.717, 1.165) is 45.5 Å². The van der Waals surface area contributed by atoms with Gasteiger partial charge in [-0.25, -0.2) is 0 Å². The van der Waals surface area contributed by atoms with Gasteiger partial charge < -0.3 is 18.9 Å². The molecule has 0 saturated carbocycles. The summed E-state index contributed by atoms with van der Waals surface area (Å²) in [6, 6.07) is 129. The van der Waals surface area contributed by atoms with E-state index in [1.165, 1.54) is 104 Å². The van der Waals surface area contributed by atoms with Crippen LogP contribution in [-0.2, 0) is 0 Å². The second-order valence-corrected chi connectivity index (χ2v) is 23.4. The number of aromatic nitrogens is 2.